The zero-order valence-electron chi connectivity index (χ0n) is 12.1. The third kappa shape index (κ3) is 2.57. The first kappa shape index (κ1) is 13.2. The van der Waals surface area contributed by atoms with Gasteiger partial charge in [-0.2, -0.15) is 0 Å². The zero-order valence-corrected chi connectivity index (χ0v) is 12.1. The highest BCUT2D eigenvalue weighted by molar-refractivity contribution is 5.84. The van der Waals surface area contributed by atoms with Gasteiger partial charge in [0.05, 0.1) is 5.69 Å². The number of oxazole rings is 1. The van der Waals surface area contributed by atoms with E-state index in [1.807, 2.05) is 6.07 Å². The van der Waals surface area contributed by atoms with Gasteiger partial charge in [-0.25, -0.2) is 9.78 Å². The SMILES string of the molecule is CC(C)CC1CCCN(c2ccnc3oc(=O)[nH]c23)C1. The largest absolute Gasteiger partial charge is 0.418 e. The molecule has 1 fully saturated rings. The number of piperidine rings is 1. The Morgan fingerprint density at radius 1 is 1.55 bits per heavy atom. The second kappa shape index (κ2) is 5.31. The minimum Gasteiger partial charge on any atom is -0.389 e. The van der Waals surface area contributed by atoms with Crippen LogP contribution in [0.2, 0.25) is 0 Å². The van der Waals surface area contributed by atoms with Crippen molar-refractivity contribution in [2.24, 2.45) is 11.8 Å². The average Bonchev–Trinajstić information content (AvgIpc) is 2.78. The molecule has 0 bridgehead atoms. The number of aromatic nitrogens is 2. The summed E-state index contributed by atoms with van der Waals surface area (Å²) in [5.74, 6) is 1.02. The number of anilines is 1. The summed E-state index contributed by atoms with van der Waals surface area (Å²) < 4.78 is 5.04. The van der Waals surface area contributed by atoms with Crippen LogP contribution in [-0.4, -0.2) is 23.1 Å². The molecule has 0 aliphatic carbocycles. The number of nitrogens with one attached hydrogen (secondary N) is 1. The fraction of sp³-hybridized carbons (Fsp3) is 0.600. The third-order valence-electron chi connectivity index (χ3n) is 3.98. The number of hydrogen-bond acceptors (Lipinski definition) is 4. The third-order valence-corrected chi connectivity index (χ3v) is 3.98. The van der Waals surface area contributed by atoms with Crippen LogP contribution < -0.4 is 10.7 Å². The average molecular weight is 275 g/mol. The minimum absolute atomic E-state index is 0.401. The molecule has 0 saturated carbocycles. The van der Waals surface area contributed by atoms with Crippen LogP contribution in [0.25, 0.3) is 11.2 Å². The van der Waals surface area contributed by atoms with Crippen molar-refractivity contribution in [3.63, 3.8) is 0 Å². The summed E-state index contributed by atoms with van der Waals surface area (Å²) in [6, 6.07) is 1.96. The number of H-pyrrole nitrogens is 1. The lowest BCUT2D eigenvalue weighted by Crippen LogP contribution is -2.36. The van der Waals surface area contributed by atoms with Crippen LogP contribution in [0.4, 0.5) is 5.69 Å². The molecule has 0 radical (unpaired) electrons. The van der Waals surface area contributed by atoms with Crippen LogP contribution in [0.3, 0.4) is 0 Å². The van der Waals surface area contributed by atoms with E-state index >= 15 is 0 Å². The molecule has 0 aromatic carbocycles. The van der Waals surface area contributed by atoms with Crippen molar-refractivity contribution in [2.45, 2.75) is 33.1 Å². The molecule has 3 rings (SSSR count). The van der Waals surface area contributed by atoms with Crippen molar-refractivity contribution >= 4 is 16.9 Å². The van der Waals surface area contributed by atoms with Gasteiger partial charge in [-0.3, -0.25) is 4.98 Å². The van der Waals surface area contributed by atoms with Crippen molar-refractivity contribution in [1.29, 1.82) is 0 Å². The van der Waals surface area contributed by atoms with E-state index in [4.69, 9.17) is 4.42 Å². The first-order valence-corrected chi connectivity index (χ1v) is 7.36. The van der Waals surface area contributed by atoms with Gasteiger partial charge in [0.25, 0.3) is 5.71 Å². The van der Waals surface area contributed by atoms with Gasteiger partial charge in [-0.15, -0.1) is 0 Å². The van der Waals surface area contributed by atoms with E-state index in [1.54, 1.807) is 6.20 Å². The van der Waals surface area contributed by atoms with Gasteiger partial charge in [-0.1, -0.05) is 13.8 Å². The number of fused-ring (bicyclic) bond motifs is 1. The van der Waals surface area contributed by atoms with Gasteiger partial charge in [-0.05, 0) is 37.2 Å². The van der Waals surface area contributed by atoms with Crippen LogP contribution in [-0.2, 0) is 0 Å². The number of rotatable bonds is 3. The highest BCUT2D eigenvalue weighted by Gasteiger charge is 2.23. The Kier molecular flexibility index (Phi) is 3.51. The summed E-state index contributed by atoms with van der Waals surface area (Å²) in [5.41, 5.74) is 2.16. The van der Waals surface area contributed by atoms with E-state index in [2.05, 4.69) is 28.7 Å². The Morgan fingerprint density at radius 2 is 2.40 bits per heavy atom. The van der Waals surface area contributed by atoms with Gasteiger partial charge in [0.15, 0.2) is 0 Å². The normalized spacial score (nSPS) is 19.9. The Bertz CT molecular complexity index is 644. The van der Waals surface area contributed by atoms with E-state index in [1.165, 1.54) is 19.3 Å². The molecule has 0 amide bonds. The molecule has 5 nitrogen and oxygen atoms in total. The fourth-order valence-corrected chi connectivity index (χ4v) is 3.25. The molecule has 108 valence electrons. The molecular weight excluding hydrogens is 254 g/mol. The summed E-state index contributed by atoms with van der Waals surface area (Å²) in [7, 11) is 0. The van der Waals surface area contributed by atoms with E-state index in [9.17, 15) is 4.79 Å². The molecule has 1 unspecified atom stereocenters. The molecule has 0 spiro atoms. The summed E-state index contributed by atoms with van der Waals surface area (Å²) in [6.45, 7) is 6.62. The van der Waals surface area contributed by atoms with Gasteiger partial charge in [0.1, 0.15) is 5.52 Å². The smallest absolute Gasteiger partial charge is 0.389 e. The highest BCUT2D eigenvalue weighted by atomic mass is 16.4. The van der Waals surface area contributed by atoms with Crippen molar-refractivity contribution in [3.8, 4) is 0 Å². The van der Waals surface area contributed by atoms with Crippen LogP contribution in [0, 0.1) is 11.8 Å². The van der Waals surface area contributed by atoms with Crippen LogP contribution in [0.1, 0.15) is 33.1 Å². The predicted octanol–water partition coefficient (Wildman–Crippen LogP) is 2.78. The number of nitrogens with zero attached hydrogens (tertiary/aromatic N) is 2. The molecule has 20 heavy (non-hydrogen) atoms. The van der Waals surface area contributed by atoms with Gasteiger partial charge in [0, 0.05) is 19.3 Å². The Balaban J connectivity index is 1.88. The topological polar surface area (TPSA) is 62.1 Å². The van der Waals surface area contributed by atoms with Gasteiger partial charge in [0.2, 0.25) is 0 Å². The second-order valence-electron chi connectivity index (χ2n) is 6.11. The molecule has 2 aromatic rings. The van der Waals surface area contributed by atoms with Gasteiger partial charge < -0.3 is 9.32 Å². The molecule has 3 heterocycles. The van der Waals surface area contributed by atoms with Crippen LogP contribution in [0.15, 0.2) is 21.5 Å². The lowest BCUT2D eigenvalue weighted by atomic mass is 9.89. The van der Waals surface area contributed by atoms with Crippen molar-refractivity contribution in [1.82, 2.24) is 9.97 Å². The maximum absolute atomic E-state index is 11.4. The van der Waals surface area contributed by atoms with E-state index < -0.39 is 5.76 Å². The zero-order chi connectivity index (χ0) is 14.1. The van der Waals surface area contributed by atoms with Crippen LogP contribution >= 0.6 is 0 Å². The van der Waals surface area contributed by atoms with Crippen molar-refractivity contribution < 1.29 is 4.42 Å². The van der Waals surface area contributed by atoms with Crippen LogP contribution in [0.5, 0.6) is 0 Å². The maximum atomic E-state index is 11.4. The maximum Gasteiger partial charge on any atom is 0.418 e. The molecule has 1 aliphatic rings. The summed E-state index contributed by atoms with van der Waals surface area (Å²) >= 11 is 0. The summed E-state index contributed by atoms with van der Waals surface area (Å²) in [5, 5.41) is 0. The molecular formula is C15H21N3O2. The van der Waals surface area contributed by atoms with E-state index in [0.29, 0.717) is 5.71 Å². The van der Waals surface area contributed by atoms with Gasteiger partial charge >= 0.3 is 5.76 Å². The molecule has 1 saturated heterocycles. The summed E-state index contributed by atoms with van der Waals surface area (Å²) in [6.07, 6.45) is 5.46. The molecule has 1 atom stereocenters. The predicted molar refractivity (Wildman–Crippen MR) is 79.0 cm³/mol. The lowest BCUT2D eigenvalue weighted by Gasteiger charge is -2.35. The van der Waals surface area contributed by atoms with Crippen molar-refractivity contribution in [2.75, 3.05) is 18.0 Å². The first-order valence-electron chi connectivity index (χ1n) is 7.36. The van der Waals surface area contributed by atoms with E-state index in [-0.39, 0.29) is 0 Å². The molecule has 1 N–H and O–H groups in total. The fourth-order valence-electron chi connectivity index (χ4n) is 3.25. The number of aromatic amines is 1. The standard InChI is InChI=1S/C15H21N3O2/c1-10(2)8-11-4-3-7-18(9-11)12-5-6-16-14-13(12)17-15(19)20-14/h5-6,10-11H,3-4,7-9H2,1-2H3,(H,17,19). The van der Waals surface area contributed by atoms with E-state index in [0.717, 1.165) is 36.1 Å². The molecule has 2 aromatic heterocycles. The first-order chi connectivity index (χ1) is 9.63. The minimum atomic E-state index is -0.435. The Labute approximate surface area is 118 Å². The highest BCUT2D eigenvalue weighted by Crippen LogP contribution is 2.30. The Hall–Kier alpha value is -1.78. The second-order valence-corrected chi connectivity index (χ2v) is 6.11. The molecule has 1 aliphatic heterocycles. The summed E-state index contributed by atoms with van der Waals surface area (Å²) in [4.78, 5) is 20.6. The Morgan fingerprint density at radius 3 is 3.20 bits per heavy atom. The quantitative estimate of drug-likeness (QED) is 0.935. The lowest BCUT2D eigenvalue weighted by molar-refractivity contribution is 0.347. The monoisotopic (exact) mass is 275 g/mol. The number of hydrogen-bond donors (Lipinski definition) is 1. The molecule has 5 heteroatoms. The number of pyridine rings is 1. The van der Waals surface area contributed by atoms with Crippen molar-refractivity contribution in [3.05, 3.63) is 22.8 Å².